The van der Waals surface area contributed by atoms with Crippen LogP contribution in [0.4, 0.5) is 5.69 Å². The summed E-state index contributed by atoms with van der Waals surface area (Å²) in [6, 6.07) is 23.7. The Hall–Kier alpha value is -3.39. The topological polar surface area (TPSA) is 61.9 Å². The molecule has 1 N–H and O–H groups in total. The molecular formula is C31H33N3O3S. The highest BCUT2D eigenvalue weighted by Gasteiger charge is 2.29. The summed E-state index contributed by atoms with van der Waals surface area (Å²) in [6.07, 6.45) is 2.83. The lowest BCUT2D eigenvalue weighted by Crippen LogP contribution is -2.38. The monoisotopic (exact) mass is 527 g/mol. The number of thioether (sulfide) groups is 1. The van der Waals surface area contributed by atoms with Crippen LogP contribution in [0.1, 0.15) is 33.5 Å². The SMILES string of the molecule is Cc1cccc(CN2C(=O)/C(=C\c3ccc(C(=O)NCCCN4CCOCC4)cc3)Sc3ccccc32)c1. The van der Waals surface area contributed by atoms with E-state index < -0.39 is 0 Å². The first-order valence-electron chi connectivity index (χ1n) is 13.1. The molecule has 0 unspecified atom stereocenters. The fourth-order valence-electron chi connectivity index (χ4n) is 4.73. The van der Waals surface area contributed by atoms with Gasteiger partial charge in [0.2, 0.25) is 0 Å². The molecule has 3 aromatic rings. The summed E-state index contributed by atoms with van der Waals surface area (Å²) in [6.45, 7) is 7.68. The Morgan fingerprint density at radius 3 is 2.61 bits per heavy atom. The molecule has 0 radical (unpaired) electrons. The van der Waals surface area contributed by atoms with Crippen molar-refractivity contribution >= 4 is 35.3 Å². The van der Waals surface area contributed by atoms with Crippen molar-refractivity contribution < 1.29 is 14.3 Å². The second-order valence-corrected chi connectivity index (χ2v) is 10.7. The van der Waals surface area contributed by atoms with Gasteiger partial charge in [-0.1, -0.05) is 65.9 Å². The first-order chi connectivity index (χ1) is 18.6. The predicted molar refractivity (Wildman–Crippen MR) is 153 cm³/mol. The predicted octanol–water partition coefficient (Wildman–Crippen LogP) is 5.13. The molecule has 1 fully saturated rings. The summed E-state index contributed by atoms with van der Waals surface area (Å²) in [5.41, 5.74) is 4.71. The molecule has 6 nitrogen and oxygen atoms in total. The molecule has 0 bridgehead atoms. The zero-order valence-corrected chi connectivity index (χ0v) is 22.5. The molecule has 2 aliphatic heterocycles. The number of anilines is 1. The number of para-hydroxylation sites is 1. The Morgan fingerprint density at radius 2 is 1.82 bits per heavy atom. The van der Waals surface area contributed by atoms with Crippen molar-refractivity contribution in [2.24, 2.45) is 0 Å². The van der Waals surface area contributed by atoms with Gasteiger partial charge in [-0.15, -0.1) is 0 Å². The van der Waals surface area contributed by atoms with Gasteiger partial charge in [0.1, 0.15) is 0 Å². The van der Waals surface area contributed by atoms with E-state index >= 15 is 0 Å². The van der Waals surface area contributed by atoms with E-state index in [-0.39, 0.29) is 11.8 Å². The largest absolute Gasteiger partial charge is 0.379 e. The minimum atomic E-state index is -0.0763. The maximum atomic E-state index is 13.6. The standard InChI is InChI=1S/C31H33N3O3S/c1-23-6-4-7-25(20-23)22-34-27-8-2-3-9-28(27)38-29(31(34)36)21-24-10-12-26(13-11-24)30(35)32-14-5-15-33-16-18-37-19-17-33/h2-4,6-13,20-21H,5,14-19,22H2,1H3,(H,32,35)/b29-21+. The Kier molecular flexibility index (Phi) is 8.58. The van der Waals surface area contributed by atoms with Crippen LogP contribution in [0.5, 0.6) is 0 Å². The third kappa shape index (κ3) is 6.54. The Morgan fingerprint density at radius 1 is 1.03 bits per heavy atom. The van der Waals surface area contributed by atoms with E-state index in [1.54, 1.807) is 0 Å². The molecular weight excluding hydrogens is 494 g/mol. The van der Waals surface area contributed by atoms with Gasteiger partial charge in [0.25, 0.3) is 11.8 Å². The van der Waals surface area contributed by atoms with Crippen molar-refractivity contribution in [2.45, 2.75) is 24.8 Å². The molecule has 1 saturated heterocycles. The van der Waals surface area contributed by atoms with Crippen molar-refractivity contribution in [1.29, 1.82) is 0 Å². The van der Waals surface area contributed by atoms with Crippen molar-refractivity contribution in [3.05, 3.63) is 100.0 Å². The number of morpholine rings is 1. The molecule has 0 atom stereocenters. The molecule has 7 heteroatoms. The van der Waals surface area contributed by atoms with E-state index in [0.717, 1.165) is 61.0 Å². The van der Waals surface area contributed by atoms with E-state index in [1.165, 1.54) is 17.3 Å². The van der Waals surface area contributed by atoms with Crippen molar-refractivity contribution in [2.75, 3.05) is 44.3 Å². The highest BCUT2D eigenvalue weighted by Crippen LogP contribution is 2.42. The zero-order chi connectivity index (χ0) is 26.3. The number of fused-ring (bicyclic) bond motifs is 1. The number of amides is 2. The van der Waals surface area contributed by atoms with E-state index in [9.17, 15) is 9.59 Å². The van der Waals surface area contributed by atoms with Crippen LogP contribution in [0.3, 0.4) is 0 Å². The number of nitrogens with zero attached hydrogens (tertiary/aromatic N) is 2. The Labute approximate surface area is 228 Å². The van der Waals surface area contributed by atoms with Crippen LogP contribution in [-0.4, -0.2) is 56.1 Å². The highest BCUT2D eigenvalue weighted by molar-refractivity contribution is 8.04. The fraction of sp³-hybridized carbons (Fsp3) is 0.290. The molecule has 0 aromatic heterocycles. The third-order valence-corrected chi connectivity index (χ3v) is 7.84. The van der Waals surface area contributed by atoms with E-state index in [4.69, 9.17) is 4.74 Å². The van der Waals surface area contributed by atoms with Crippen molar-refractivity contribution in [1.82, 2.24) is 10.2 Å². The molecule has 0 spiro atoms. The lowest BCUT2D eigenvalue weighted by molar-refractivity contribution is -0.114. The Balaban J connectivity index is 1.24. The summed E-state index contributed by atoms with van der Waals surface area (Å²) >= 11 is 1.49. The second-order valence-electron chi connectivity index (χ2n) is 9.64. The van der Waals surface area contributed by atoms with Crippen LogP contribution in [-0.2, 0) is 16.1 Å². The van der Waals surface area contributed by atoms with E-state index in [0.29, 0.717) is 23.6 Å². The molecule has 3 aromatic carbocycles. The maximum absolute atomic E-state index is 13.6. The third-order valence-electron chi connectivity index (χ3n) is 6.77. The van der Waals surface area contributed by atoms with E-state index in [1.807, 2.05) is 59.5 Å². The number of hydrogen-bond donors (Lipinski definition) is 1. The quantitative estimate of drug-likeness (QED) is 0.325. The number of ether oxygens (including phenoxy) is 1. The molecule has 2 heterocycles. The summed E-state index contributed by atoms with van der Waals surface area (Å²) < 4.78 is 5.38. The van der Waals surface area contributed by atoms with Gasteiger partial charge in [0, 0.05) is 30.1 Å². The minimum absolute atomic E-state index is 0.0164. The smallest absolute Gasteiger partial charge is 0.265 e. The fourth-order valence-corrected chi connectivity index (χ4v) is 5.78. The summed E-state index contributed by atoms with van der Waals surface area (Å²) in [4.78, 5) is 32.1. The van der Waals surface area contributed by atoms with Gasteiger partial charge >= 0.3 is 0 Å². The maximum Gasteiger partial charge on any atom is 0.265 e. The molecule has 196 valence electrons. The first kappa shape index (κ1) is 26.2. The lowest BCUT2D eigenvalue weighted by atomic mass is 10.1. The average molecular weight is 528 g/mol. The number of hydrogen-bond acceptors (Lipinski definition) is 5. The number of benzene rings is 3. The van der Waals surface area contributed by atoms with Crippen LogP contribution in [0, 0.1) is 6.92 Å². The number of carbonyl (C=O) groups is 2. The van der Waals surface area contributed by atoms with Crippen LogP contribution >= 0.6 is 11.8 Å². The number of rotatable bonds is 8. The van der Waals surface area contributed by atoms with E-state index in [2.05, 4.69) is 41.4 Å². The number of carbonyl (C=O) groups excluding carboxylic acids is 2. The van der Waals surface area contributed by atoms with Gasteiger partial charge in [0.05, 0.1) is 30.4 Å². The lowest BCUT2D eigenvalue weighted by Gasteiger charge is -2.30. The van der Waals surface area contributed by atoms with Crippen molar-refractivity contribution in [3.8, 4) is 0 Å². The zero-order valence-electron chi connectivity index (χ0n) is 21.7. The van der Waals surface area contributed by atoms with Gasteiger partial charge in [-0.25, -0.2) is 0 Å². The average Bonchev–Trinajstić information content (AvgIpc) is 2.94. The molecule has 2 aliphatic rings. The molecule has 5 rings (SSSR count). The molecule has 0 aliphatic carbocycles. The van der Waals surface area contributed by atoms with Gasteiger partial charge in [-0.3, -0.25) is 14.5 Å². The Bertz CT molecular complexity index is 1320. The summed E-state index contributed by atoms with van der Waals surface area (Å²) in [7, 11) is 0. The van der Waals surface area contributed by atoms with Crippen LogP contribution in [0.25, 0.3) is 6.08 Å². The van der Waals surface area contributed by atoms with Crippen LogP contribution < -0.4 is 10.2 Å². The number of nitrogens with one attached hydrogen (secondary N) is 1. The van der Waals surface area contributed by atoms with Crippen LogP contribution in [0.15, 0.2) is 82.6 Å². The second kappa shape index (κ2) is 12.4. The van der Waals surface area contributed by atoms with Gasteiger partial charge in [-0.05, 0) is 61.4 Å². The highest BCUT2D eigenvalue weighted by atomic mass is 32.2. The van der Waals surface area contributed by atoms with Gasteiger partial charge < -0.3 is 15.0 Å². The summed E-state index contributed by atoms with van der Waals surface area (Å²) in [5, 5.41) is 3.01. The molecule has 38 heavy (non-hydrogen) atoms. The summed E-state index contributed by atoms with van der Waals surface area (Å²) in [5.74, 6) is -0.0927. The molecule has 0 saturated carbocycles. The number of aryl methyl sites for hydroxylation is 1. The normalized spacial score (nSPS) is 16.9. The minimum Gasteiger partial charge on any atom is -0.379 e. The molecule has 2 amide bonds. The van der Waals surface area contributed by atoms with Gasteiger partial charge in [0.15, 0.2) is 0 Å². The van der Waals surface area contributed by atoms with Crippen molar-refractivity contribution in [3.63, 3.8) is 0 Å². The van der Waals surface area contributed by atoms with Crippen LogP contribution in [0.2, 0.25) is 0 Å². The first-order valence-corrected chi connectivity index (χ1v) is 13.9. The van der Waals surface area contributed by atoms with Gasteiger partial charge in [-0.2, -0.15) is 0 Å².